The van der Waals surface area contributed by atoms with Crippen LogP contribution in [0.25, 0.3) is 0 Å². The monoisotopic (exact) mass is 247 g/mol. The van der Waals surface area contributed by atoms with Crippen molar-refractivity contribution in [1.29, 1.82) is 0 Å². The first kappa shape index (κ1) is 13.0. The molecule has 1 rings (SSSR count). The molecule has 1 aromatic rings. The van der Waals surface area contributed by atoms with E-state index >= 15 is 0 Å². The third-order valence-corrected chi connectivity index (χ3v) is 3.25. The van der Waals surface area contributed by atoms with E-state index in [1.165, 1.54) is 11.3 Å². The summed E-state index contributed by atoms with van der Waals surface area (Å²) in [5, 5.41) is 0. The van der Waals surface area contributed by atoms with Crippen molar-refractivity contribution in [2.24, 2.45) is 11.7 Å². The highest BCUT2D eigenvalue weighted by atomic mass is 35.5. The molecule has 2 N–H and O–H groups in total. The summed E-state index contributed by atoms with van der Waals surface area (Å²) in [5.41, 5.74) is 5.90. The van der Waals surface area contributed by atoms with Crippen LogP contribution in [-0.2, 0) is 4.74 Å². The van der Waals surface area contributed by atoms with Crippen molar-refractivity contribution >= 4 is 22.9 Å². The minimum absolute atomic E-state index is 0.0153. The maximum absolute atomic E-state index is 5.90. The van der Waals surface area contributed by atoms with Crippen LogP contribution in [0.15, 0.2) is 12.1 Å². The molecule has 0 spiro atoms. The van der Waals surface area contributed by atoms with E-state index in [0.717, 1.165) is 15.8 Å². The number of thiophene rings is 1. The summed E-state index contributed by atoms with van der Waals surface area (Å²) in [6.07, 6.45) is -0.0371. The van der Waals surface area contributed by atoms with Gasteiger partial charge in [0, 0.05) is 17.5 Å². The van der Waals surface area contributed by atoms with Crippen LogP contribution >= 0.6 is 22.9 Å². The Labute approximate surface area is 100 Å². The van der Waals surface area contributed by atoms with Crippen LogP contribution in [0.2, 0.25) is 4.34 Å². The second kappa shape index (κ2) is 5.85. The van der Waals surface area contributed by atoms with Gasteiger partial charge in [0.15, 0.2) is 0 Å². The first-order valence-corrected chi connectivity index (χ1v) is 6.32. The summed E-state index contributed by atoms with van der Waals surface area (Å²) < 4.78 is 6.57. The van der Waals surface area contributed by atoms with Gasteiger partial charge in [0.25, 0.3) is 0 Å². The maximum atomic E-state index is 5.90. The van der Waals surface area contributed by atoms with E-state index in [1.54, 1.807) is 0 Å². The average Bonchev–Trinajstić information content (AvgIpc) is 2.51. The van der Waals surface area contributed by atoms with Crippen LogP contribution < -0.4 is 5.73 Å². The van der Waals surface area contributed by atoms with Crippen molar-refractivity contribution in [3.63, 3.8) is 0 Å². The molecule has 1 heterocycles. The third-order valence-electron chi connectivity index (χ3n) is 1.96. The Morgan fingerprint density at radius 1 is 1.40 bits per heavy atom. The zero-order valence-corrected chi connectivity index (χ0v) is 10.9. The van der Waals surface area contributed by atoms with Crippen LogP contribution in [0.3, 0.4) is 0 Å². The molecular weight excluding hydrogens is 230 g/mol. The third kappa shape index (κ3) is 4.11. The van der Waals surface area contributed by atoms with Crippen LogP contribution in [0.4, 0.5) is 0 Å². The van der Waals surface area contributed by atoms with Crippen LogP contribution in [-0.4, -0.2) is 12.6 Å². The largest absolute Gasteiger partial charge is 0.371 e. The first-order chi connectivity index (χ1) is 7.00. The molecule has 0 bridgehead atoms. The highest BCUT2D eigenvalue weighted by Crippen LogP contribution is 2.30. The molecule has 0 aliphatic rings. The summed E-state index contributed by atoms with van der Waals surface area (Å²) in [5.74, 6) is 0.515. The van der Waals surface area contributed by atoms with Crippen LogP contribution in [0.1, 0.15) is 31.8 Å². The van der Waals surface area contributed by atoms with E-state index in [0.29, 0.717) is 5.92 Å². The minimum atomic E-state index is -0.0371. The average molecular weight is 248 g/mol. The van der Waals surface area contributed by atoms with E-state index in [4.69, 9.17) is 22.1 Å². The minimum Gasteiger partial charge on any atom is -0.371 e. The van der Waals surface area contributed by atoms with Crippen LogP contribution in [0, 0.1) is 5.92 Å². The fourth-order valence-corrected chi connectivity index (χ4v) is 2.50. The normalized spacial score (nSPS) is 15.6. The number of hydrogen-bond acceptors (Lipinski definition) is 3. The quantitative estimate of drug-likeness (QED) is 0.865. The van der Waals surface area contributed by atoms with E-state index < -0.39 is 0 Å². The van der Waals surface area contributed by atoms with Crippen molar-refractivity contribution in [1.82, 2.24) is 0 Å². The Morgan fingerprint density at radius 2 is 2.07 bits per heavy atom. The fourth-order valence-electron chi connectivity index (χ4n) is 1.27. The van der Waals surface area contributed by atoms with E-state index in [9.17, 15) is 0 Å². The van der Waals surface area contributed by atoms with Gasteiger partial charge in [-0.2, -0.15) is 0 Å². The highest BCUT2D eigenvalue weighted by molar-refractivity contribution is 7.16. The molecule has 2 unspecified atom stereocenters. The zero-order chi connectivity index (χ0) is 11.4. The molecule has 0 saturated heterocycles. The van der Waals surface area contributed by atoms with E-state index in [2.05, 4.69) is 13.8 Å². The van der Waals surface area contributed by atoms with Crippen molar-refractivity contribution < 1.29 is 4.74 Å². The molecule has 0 radical (unpaired) electrons. The summed E-state index contributed by atoms with van der Waals surface area (Å²) in [6.45, 7) is 6.93. The molecule has 0 fully saturated rings. The summed E-state index contributed by atoms with van der Waals surface area (Å²) in [4.78, 5) is 1.11. The lowest BCUT2D eigenvalue weighted by Gasteiger charge is -2.21. The lowest BCUT2D eigenvalue weighted by atomic mass is 10.1. The van der Waals surface area contributed by atoms with Crippen LogP contribution in [0.5, 0.6) is 0 Å². The molecule has 4 heteroatoms. The molecule has 0 aliphatic carbocycles. The topological polar surface area (TPSA) is 35.2 Å². The van der Waals surface area contributed by atoms with Crippen molar-refractivity contribution in [2.75, 3.05) is 6.61 Å². The molecule has 0 aliphatic heterocycles. The number of rotatable bonds is 5. The number of ether oxygens (including phenoxy) is 1. The van der Waals surface area contributed by atoms with Gasteiger partial charge >= 0.3 is 0 Å². The smallest absolute Gasteiger partial charge is 0.106 e. The Hall–Kier alpha value is -0.0900. The SMILES string of the molecule is CC(C)COC(c1ccc(Cl)s1)C(C)N. The van der Waals surface area contributed by atoms with Crippen molar-refractivity contribution in [3.8, 4) is 0 Å². The van der Waals surface area contributed by atoms with Gasteiger partial charge in [0.1, 0.15) is 6.10 Å². The van der Waals surface area contributed by atoms with Gasteiger partial charge in [-0.25, -0.2) is 0 Å². The lowest BCUT2D eigenvalue weighted by molar-refractivity contribution is 0.0243. The maximum Gasteiger partial charge on any atom is 0.106 e. The lowest BCUT2D eigenvalue weighted by Crippen LogP contribution is -2.27. The van der Waals surface area contributed by atoms with Gasteiger partial charge in [-0.05, 0) is 25.0 Å². The predicted octanol–water partition coefficient (Wildman–Crippen LogP) is 3.46. The zero-order valence-electron chi connectivity index (χ0n) is 9.37. The van der Waals surface area contributed by atoms with Gasteiger partial charge in [0.05, 0.1) is 4.34 Å². The molecule has 0 aromatic carbocycles. The van der Waals surface area contributed by atoms with Gasteiger partial charge in [-0.15, -0.1) is 11.3 Å². The molecule has 86 valence electrons. The molecule has 0 saturated carbocycles. The van der Waals surface area contributed by atoms with Gasteiger partial charge in [-0.3, -0.25) is 0 Å². The highest BCUT2D eigenvalue weighted by Gasteiger charge is 2.19. The van der Waals surface area contributed by atoms with Crippen molar-refractivity contribution in [2.45, 2.75) is 32.9 Å². The van der Waals surface area contributed by atoms with E-state index in [-0.39, 0.29) is 12.1 Å². The molecule has 15 heavy (non-hydrogen) atoms. The molecule has 2 nitrogen and oxygen atoms in total. The van der Waals surface area contributed by atoms with Gasteiger partial charge in [0.2, 0.25) is 0 Å². The van der Waals surface area contributed by atoms with E-state index in [1.807, 2.05) is 19.1 Å². The number of halogens is 1. The Kier molecular flexibility index (Phi) is 5.06. The fraction of sp³-hybridized carbons (Fsp3) is 0.636. The van der Waals surface area contributed by atoms with Crippen molar-refractivity contribution in [3.05, 3.63) is 21.3 Å². The Balaban J connectivity index is 2.66. The number of hydrogen-bond donors (Lipinski definition) is 1. The predicted molar refractivity (Wildman–Crippen MR) is 66.5 cm³/mol. The Morgan fingerprint density at radius 3 is 2.47 bits per heavy atom. The molecule has 2 atom stereocenters. The molecule has 1 aromatic heterocycles. The molecular formula is C11H18ClNOS. The summed E-state index contributed by atoms with van der Waals surface area (Å²) in [6, 6.07) is 3.86. The second-order valence-electron chi connectivity index (χ2n) is 4.15. The standard InChI is InChI=1S/C11H18ClNOS/c1-7(2)6-14-11(8(3)13)9-4-5-10(12)15-9/h4-5,7-8,11H,6,13H2,1-3H3. The molecule has 0 amide bonds. The second-order valence-corrected chi connectivity index (χ2v) is 5.90. The Bertz CT molecular complexity index is 299. The first-order valence-electron chi connectivity index (χ1n) is 5.13. The van der Waals surface area contributed by atoms with Gasteiger partial charge < -0.3 is 10.5 Å². The summed E-state index contributed by atoms with van der Waals surface area (Å²) >= 11 is 7.43. The summed E-state index contributed by atoms with van der Waals surface area (Å²) in [7, 11) is 0. The number of nitrogens with two attached hydrogens (primary N) is 1. The van der Waals surface area contributed by atoms with Gasteiger partial charge in [-0.1, -0.05) is 25.4 Å².